The standard InChI is InChI=1S/C10H20OS/c1-10(2,3)12(4,5)9-7-6-8-11/h11H,6,8H2,1-5H3. The fourth-order valence-electron chi connectivity index (χ4n) is 0.440. The number of aliphatic hydroxyl groups is 1. The van der Waals surface area contributed by atoms with E-state index in [2.05, 4.69) is 44.5 Å². The van der Waals surface area contributed by atoms with Gasteiger partial charge in [0, 0.05) is 11.2 Å². The number of hydrogen-bond donors (Lipinski definition) is 1. The molecule has 0 aliphatic rings. The Balaban J connectivity index is 4.35. The largest absolute Gasteiger partial charge is 0.395 e. The van der Waals surface area contributed by atoms with Crippen molar-refractivity contribution in [3.8, 4) is 11.2 Å². The number of rotatable bonds is 1. The van der Waals surface area contributed by atoms with Crippen LogP contribution in [0.4, 0.5) is 0 Å². The van der Waals surface area contributed by atoms with Gasteiger partial charge in [0.15, 0.2) is 0 Å². The fraction of sp³-hybridized carbons (Fsp3) is 0.800. The molecule has 0 aliphatic carbocycles. The topological polar surface area (TPSA) is 20.2 Å². The van der Waals surface area contributed by atoms with E-state index in [4.69, 9.17) is 5.11 Å². The van der Waals surface area contributed by atoms with E-state index < -0.39 is 10.0 Å². The maximum Gasteiger partial charge on any atom is 0.0540 e. The molecule has 2 heteroatoms. The summed E-state index contributed by atoms with van der Waals surface area (Å²) in [6.45, 7) is 6.83. The second-order valence-electron chi connectivity index (χ2n) is 4.19. The Kier molecular flexibility index (Phi) is 4.16. The summed E-state index contributed by atoms with van der Waals surface area (Å²) in [6, 6.07) is 0. The van der Waals surface area contributed by atoms with Crippen LogP contribution in [0, 0.1) is 11.2 Å². The predicted octanol–water partition coefficient (Wildman–Crippen LogP) is 2.19. The lowest BCUT2D eigenvalue weighted by molar-refractivity contribution is 0.305. The van der Waals surface area contributed by atoms with Crippen LogP contribution in [-0.4, -0.2) is 29.0 Å². The minimum absolute atomic E-state index is 0.173. The maximum absolute atomic E-state index is 8.57. The summed E-state index contributed by atoms with van der Waals surface area (Å²) in [5.74, 6) is 3.02. The van der Waals surface area contributed by atoms with E-state index in [9.17, 15) is 0 Å². The van der Waals surface area contributed by atoms with Crippen molar-refractivity contribution in [2.45, 2.75) is 31.9 Å². The molecule has 0 aromatic heterocycles. The molecule has 0 fully saturated rings. The first-order chi connectivity index (χ1) is 5.31. The van der Waals surface area contributed by atoms with Crippen LogP contribution in [0.15, 0.2) is 0 Å². The molecule has 0 rings (SSSR count). The highest BCUT2D eigenvalue weighted by atomic mass is 32.3. The summed E-state index contributed by atoms with van der Waals surface area (Å²) in [4.78, 5) is 0. The first kappa shape index (κ1) is 11.9. The molecule has 0 heterocycles. The molecule has 0 saturated carbocycles. The summed E-state index contributed by atoms with van der Waals surface area (Å²) in [5, 5.41) is 11.8. The van der Waals surface area contributed by atoms with E-state index in [1.54, 1.807) is 0 Å². The molecule has 0 radical (unpaired) electrons. The predicted molar refractivity (Wildman–Crippen MR) is 58.7 cm³/mol. The molecule has 72 valence electrons. The molecular weight excluding hydrogens is 168 g/mol. The van der Waals surface area contributed by atoms with Gasteiger partial charge >= 0.3 is 0 Å². The molecule has 0 spiro atoms. The van der Waals surface area contributed by atoms with Crippen LogP contribution < -0.4 is 0 Å². The molecular formula is C10H20OS. The molecule has 0 unspecified atom stereocenters. The summed E-state index contributed by atoms with van der Waals surface area (Å²) in [6.07, 6.45) is 5.04. The average molecular weight is 188 g/mol. The second-order valence-corrected chi connectivity index (χ2v) is 8.27. The summed E-state index contributed by atoms with van der Waals surface area (Å²) in [7, 11) is -0.842. The van der Waals surface area contributed by atoms with Crippen LogP contribution >= 0.6 is 10.0 Å². The van der Waals surface area contributed by atoms with E-state index >= 15 is 0 Å². The molecule has 0 atom stereocenters. The van der Waals surface area contributed by atoms with E-state index in [1.807, 2.05) is 0 Å². The van der Waals surface area contributed by atoms with Crippen LogP contribution in [0.5, 0.6) is 0 Å². The van der Waals surface area contributed by atoms with Crippen molar-refractivity contribution < 1.29 is 5.11 Å². The SMILES string of the molecule is CC(C)(C)S(C)(C)C#CCCO. The molecule has 0 aromatic carbocycles. The van der Waals surface area contributed by atoms with Crippen LogP contribution in [0.3, 0.4) is 0 Å². The van der Waals surface area contributed by atoms with Gasteiger partial charge in [-0.15, -0.1) is 0 Å². The van der Waals surface area contributed by atoms with Gasteiger partial charge in [-0.25, -0.2) is 0 Å². The van der Waals surface area contributed by atoms with Gasteiger partial charge in [0.2, 0.25) is 0 Å². The summed E-state index contributed by atoms with van der Waals surface area (Å²) >= 11 is 0. The fourth-order valence-corrected chi connectivity index (χ4v) is 1.21. The Bertz CT molecular complexity index is 190. The summed E-state index contributed by atoms with van der Waals surface area (Å²) < 4.78 is 0.273. The van der Waals surface area contributed by atoms with Crippen molar-refractivity contribution in [1.29, 1.82) is 0 Å². The molecule has 1 N–H and O–H groups in total. The van der Waals surface area contributed by atoms with Crippen molar-refractivity contribution in [3.63, 3.8) is 0 Å². The first-order valence-corrected chi connectivity index (χ1v) is 6.59. The van der Waals surface area contributed by atoms with Gasteiger partial charge in [-0.05, 0) is 12.5 Å². The Morgan fingerprint density at radius 1 is 1.25 bits per heavy atom. The molecule has 0 aliphatic heterocycles. The normalized spacial score (nSPS) is 13.5. The highest BCUT2D eigenvalue weighted by molar-refractivity contribution is 8.37. The van der Waals surface area contributed by atoms with Gasteiger partial charge in [0.25, 0.3) is 0 Å². The molecule has 1 nitrogen and oxygen atoms in total. The highest BCUT2D eigenvalue weighted by Gasteiger charge is 2.25. The Hall–Kier alpha value is -0.130. The van der Waals surface area contributed by atoms with Crippen LogP contribution in [0.25, 0.3) is 0 Å². The zero-order valence-corrected chi connectivity index (χ0v) is 9.59. The smallest absolute Gasteiger partial charge is 0.0540 e. The van der Waals surface area contributed by atoms with Crippen molar-refractivity contribution in [2.75, 3.05) is 19.1 Å². The zero-order chi connectivity index (χ0) is 9.83. The van der Waals surface area contributed by atoms with E-state index in [1.165, 1.54) is 0 Å². The molecule has 0 amide bonds. The third-order valence-corrected chi connectivity index (χ3v) is 5.81. The van der Waals surface area contributed by atoms with E-state index in [-0.39, 0.29) is 11.4 Å². The van der Waals surface area contributed by atoms with Gasteiger partial charge in [-0.2, -0.15) is 10.0 Å². The van der Waals surface area contributed by atoms with Crippen molar-refractivity contribution in [1.82, 2.24) is 0 Å². The van der Waals surface area contributed by atoms with Gasteiger partial charge in [0.05, 0.1) is 6.61 Å². The Morgan fingerprint density at radius 2 is 1.75 bits per heavy atom. The Labute approximate surface area is 77.9 Å². The lowest BCUT2D eigenvalue weighted by Gasteiger charge is -2.39. The summed E-state index contributed by atoms with van der Waals surface area (Å²) in [5.41, 5.74) is 0. The maximum atomic E-state index is 8.57. The van der Waals surface area contributed by atoms with Crippen LogP contribution in [-0.2, 0) is 0 Å². The van der Waals surface area contributed by atoms with Gasteiger partial charge in [-0.3, -0.25) is 0 Å². The van der Waals surface area contributed by atoms with E-state index in [0.717, 1.165) is 0 Å². The van der Waals surface area contributed by atoms with Crippen molar-refractivity contribution >= 4 is 10.0 Å². The molecule has 0 saturated heterocycles. The van der Waals surface area contributed by atoms with Gasteiger partial charge in [0.1, 0.15) is 0 Å². The lowest BCUT2D eigenvalue weighted by atomic mass is 10.3. The number of hydrogen-bond acceptors (Lipinski definition) is 1. The van der Waals surface area contributed by atoms with Crippen LogP contribution in [0.1, 0.15) is 27.2 Å². The second kappa shape index (κ2) is 4.20. The average Bonchev–Trinajstić information content (AvgIpc) is 1.85. The Morgan fingerprint density at radius 3 is 2.08 bits per heavy atom. The highest BCUT2D eigenvalue weighted by Crippen LogP contribution is 2.51. The molecule has 12 heavy (non-hydrogen) atoms. The monoisotopic (exact) mass is 188 g/mol. The van der Waals surface area contributed by atoms with Crippen LogP contribution in [0.2, 0.25) is 0 Å². The number of aliphatic hydroxyl groups excluding tert-OH is 1. The minimum atomic E-state index is -0.842. The lowest BCUT2D eigenvalue weighted by Crippen LogP contribution is -2.21. The molecule has 0 bridgehead atoms. The van der Waals surface area contributed by atoms with Crippen molar-refractivity contribution in [2.24, 2.45) is 0 Å². The molecule has 0 aromatic rings. The minimum Gasteiger partial charge on any atom is -0.395 e. The third-order valence-electron chi connectivity index (χ3n) is 2.10. The zero-order valence-electron chi connectivity index (χ0n) is 8.77. The van der Waals surface area contributed by atoms with E-state index in [0.29, 0.717) is 6.42 Å². The third kappa shape index (κ3) is 3.51. The first-order valence-electron chi connectivity index (χ1n) is 4.14. The van der Waals surface area contributed by atoms with Gasteiger partial charge in [-0.1, -0.05) is 31.9 Å². The van der Waals surface area contributed by atoms with Crippen molar-refractivity contribution in [3.05, 3.63) is 0 Å². The quantitative estimate of drug-likeness (QED) is 0.625. The van der Waals surface area contributed by atoms with Gasteiger partial charge < -0.3 is 5.11 Å².